The van der Waals surface area contributed by atoms with Crippen molar-refractivity contribution in [3.8, 4) is 11.4 Å². The van der Waals surface area contributed by atoms with E-state index in [0.717, 1.165) is 11.1 Å². The average molecular weight is 513 g/mol. The first kappa shape index (κ1) is 26.7. The van der Waals surface area contributed by atoms with Crippen molar-refractivity contribution in [3.63, 3.8) is 0 Å². The summed E-state index contributed by atoms with van der Waals surface area (Å²) in [6.07, 6.45) is 2.98. The first-order valence-corrected chi connectivity index (χ1v) is 12.7. The molecule has 3 aromatic rings. The Balaban J connectivity index is 1.58. The molecular weight excluding hydrogens is 480 g/mol. The van der Waals surface area contributed by atoms with Crippen LogP contribution in [0.5, 0.6) is 0 Å². The Morgan fingerprint density at radius 1 is 0.974 bits per heavy atom. The summed E-state index contributed by atoms with van der Waals surface area (Å²) in [5, 5.41) is 0. The molecule has 0 N–H and O–H groups in total. The lowest BCUT2D eigenvalue weighted by Crippen LogP contribution is -2.55. The molecule has 0 aliphatic carbocycles. The van der Waals surface area contributed by atoms with Crippen molar-refractivity contribution in [3.05, 3.63) is 89.3 Å². The van der Waals surface area contributed by atoms with E-state index in [1.807, 2.05) is 67.6 Å². The maximum atomic E-state index is 13.8. The minimum absolute atomic E-state index is 0.0120. The monoisotopic (exact) mass is 512 g/mol. The number of piperazine rings is 1. The van der Waals surface area contributed by atoms with Gasteiger partial charge in [0.25, 0.3) is 5.91 Å². The van der Waals surface area contributed by atoms with E-state index in [0.29, 0.717) is 31.2 Å². The summed E-state index contributed by atoms with van der Waals surface area (Å²) in [5.74, 6) is -0.769. The summed E-state index contributed by atoms with van der Waals surface area (Å²) < 4.78 is 5.42. The Morgan fingerprint density at radius 3 is 2.26 bits per heavy atom. The van der Waals surface area contributed by atoms with Gasteiger partial charge in [-0.15, -0.1) is 0 Å². The fourth-order valence-electron chi connectivity index (χ4n) is 4.41. The highest BCUT2D eigenvalue weighted by molar-refractivity contribution is 6.05. The number of nitrogens with zero attached hydrogens (tertiary/aromatic N) is 4. The van der Waals surface area contributed by atoms with Gasteiger partial charge in [-0.2, -0.15) is 0 Å². The molecule has 2 amide bonds. The quantitative estimate of drug-likeness (QED) is 0.359. The topological polar surface area (TPSA) is 92.7 Å². The van der Waals surface area contributed by atoms with Crippen LogP contribution in [0.3, 0.4) is 0 Å². The van der Waals surface area contributed by atoms with E-state index >= 15 is 0 Å². The molecule has 2 aromatic carbocycles. The fraction of sp³-hybridized carbons (Fsp3) is 0.300. The maximum absolute atomic E-state index is 13.8. The van der Waals surface area contributed by atoms with Crippen LogP contribution in [0.2, 0.25) is 0 Å². The number of aromatic nitrogens is 2. The molecule has 8 nitrogen and oxygen atoms in total. The van der Waals surface area contributed by atoms with Gasteiger partial charge in [0, 0.05) is 37.3 Å². The molecule has 0 bridgehead atoms. The normalized spacial score (nSPS) is 15.7. The number of hydrogen-bond acceptors (Lipinski definition) is 6. The van der Waals surface area contributed by atoms with E-state index < -0.39 is 5.97 Å². The largest absolute Gasteiger partial charge is 0.459 e. The molecule has 1 saturated heterocycles. The van der Waals surface area contributed by atoms with Gasteiger partial charge in [-0.25, -0.2) is 14.8 Å². The molecule has 8 heteroatoms. The summed E-state index contributed by atoms with van der Waals surface area (Å²) in [6.45, 7) is 8.08. The van der Waals surface area contributed by atoms with E-state index in [1.54, 1.807) is 42.7 Å². The maximum Gasteiger partial charge on any atom is 0.342 e. The van der Waals surface area contributed by atoms with Crippen LogP contribution in [0.1, 0.15) is 52.9 Å². The van der Waals surface area contributed by atoms with Crippen molar-refractivity contribution in [2.45, 2.75) is 39.8 Å². The average Bonchev–Trinajstić information content (AvgIpc) is 2.91. The van der Waals surface area contributed by atoms with Gasteiger partial charge in [0.1, 0.15) is 11.3 Å². The molecule has 0 spiro atoms. The zero-order chi connectivity index (χ0) is 27.2. The highest BCUT2D eigenvalue weighted by Crippen LogP contribution is 2.23. The van der Waals surface area contributed by atoms with Gasteiger partial charge in [0.15, 0.2) is 5.82 Å². The number of esters is 1. The smallest absolute Gasteiger partial charge is 0.342 e. The first-order valence-electron chi connectivity index (χ1n) is 12.7. The third-order valence-corrected chi connectivity index (χ3v) is 6.29. The fourth-order valence-corrected chi connectivity index (χ4v) is 4.41. The van der Waals surface area contributed by atoms with Gasteiger partial charge in [0.05, 0.1) is 11.8 Å². The Kier molecular flexibility index (Phi) is 8.31. The minimum Gasteiger partial charge on any atom is -0.459 e. The predicted octanol–water partition coefficient (Wildman–Crippen LogP) is 4.40. The number of ether oxygens (including phenoxy) is 1. The molecule has 1 aliphatic heterocycles. The zero-order valence-corrected chi connectivity index (χ0v) is 22.1. The Hall–Kier alpha value is -4.33. The van der Waals surface area contributed by atoms with Gasteiger partial charge in [0.2, 0.25) is 5.91 Å². The van der Waals surface area contributed by atoms with Gasteiger partial charge in [-0.05, 0) is 39.3 Å². The molecule has 1 atom stereocenters. The van der Waals surface area contributed by atoms with Crippen molar-refractivity contribution in [1.29, 1.82) is 0 Å². The summed E-state index contributed by atoms with van der Waals surface area (Å²) in [7, 11) is 0. The van der Waals surface area contributed by atoms with E-state index in [2.05, 4.69) is 9.97 Å². The van der Waals surface area contributed by atoms with Crippen LogP contribution < -0.4 is 0 Å². The summed E-state index contributed by atoms with van der Waals surface area (Å²) in [5.41, 5.74) is 2.14. The number of carbonyl (C=O) groups is 3. The summed E-state index contributed by atoms with van der Waals surface area (Å²) in [6, 6.07) is 18.7. The van der Waals surface area contributed by atoms with Gasteiger partial charge >= 0.3 is 5.97 Å². The molecule has 2 heterocycles. The van der Waals surface area contributed by atoms with Crippen LogP contribution in [0.25, 0.3) is 17.5 Å². The number of rotatable bonds is 6. The number of amides is 2. The van der Waals surface area contributed by atoms with E-state index in [4.69, 9.17) is 4.74 Å². The zero-order valence-electron chi connectivity index (χ0n) is 22.1. The van der Waals surface area contributed by atoms with Crippen LogP contribution >= 0.6 is 0 Å². The molecule has 0 radical (unpaired) electrons. The molecule has 4 rings (SSSR count). The van der Waals surface area contributed by atoms with Crippen molar-refractivity contribution < 1.29 is 19.1 Å². The molecule has 1 aliphatic rings. The predicted molar refractivity (Wildman–Crippen MR) is 145 cm³/mol. The van der Waals surface area contributed by atoms with Crippen LogP contribution in [0.4, 0.5) is 0 Å². The van der Waals surface area contributed by atoms with E-state index in [9.17, 15) is 14.4 Å². The second-order valence-electron chi connectivity index (χ2n) is 9.55. The standard InChI is InChI=1S/C30H32N4O4/c1-20(2)38-30(37)26-22(4)31-28(24-13-9-6-10-14-24)32-27(26)29(36)33-17-18-34(21(3)19-33)25(35)16-15-23-11-7-5-8-12-23/h5-16,20-21H,17-19H2,1-4H3/b16-15+. The van der Waals surface area contributed by atoms with Gasteiger partial charge in [-0.1, -0.05) is 60.7 Å². The van der Waals surface area contributed by atoms with Crippen molar-refractivity contribution in [2.75, 3.05) is 19.6 Å². The third kappa shape index (κ3) is 6.14. The molecule has 196 valence electrons. The minimum atomic E-state index is -0.631. The highest BCUT2D eigenvalue weighted by atomic mass is 16.5. The third-order valence-electron chi connectivity index (χ3n) is 6.29. The number of hydrogen-bond donors (Lipinski definition) is 0. The molecule has 38 heavy (non-hydrogen) atoms. The number of aryl methyl sites for hydroxylation is 1. The lowest BCUT2D eigenvalue weighted by Gasteiger charge is -2.39. The number of carbonyl (C=O) groups excluding carboxylic acids is 3. The van der Waals surface area contributed by atoms with Crippen molar-refractivity contribution in [1.82, 2.24) is 19.8 Å². The van der Waals surface area contributed by atoms with Gasteiger partial charge in [-0.3, -0.25) is 9.59 Å². The Labute approximate surface area is 223 Å². The second kappa shape index (κ2) is 11.8. The lowest BCUT2D eigenvalue weighted by molar-refractivity contribution is -0.129. The van der Waals surface area contributed by atoms with Crippen molar-refractivity contribution in [2.24, 2.45) is 0 Å². The summed E-state index contributed by atoms with van der Waals surface area (Å²) >= 11 is 0. The molecule has 1 aromatic heterocycles. The SMILES string of the molecule is Cc1nc(-c2ccccc2)nc(C(=O)N2CCN(C(=O)/C=C/c3ccccc3)C(C)C2)c1C(=O)OC(C)C. The highest BCUT2D eigenvalue weighted by Gasteiger charge is 2.33. The van der Waals surface area contributed by atoms with E-state index in [-0.39, 0.29) is 35.2 Å². The Morgan fingerprint density at radius 2 is 1.63 bits per heavy atom. The first-order chi connectivity index (χ1) is 18.2. The molecule has 0 saturated carbocycles. The van der Waals surface area contributed by atoms with Crippen molar-refractivity contribution >= 4 is 23.9 Å². The van der Waals surface area contributed by atoms with E-state index in [1.165, 1.54) is 0 Å². The van der Waals surface area contributed by atoms with Crippen LogP contribution in [0, 0.1) is 6.92 Å². The van der Waals surface area contributed by atoms with Gasteiger partial charge < -0.3 is 14.5 Å². The van der Waals surface area contributed by atoms with Crippen LogP contribution in [-0.4, -0.2) is 69.3 Å². The number of benzene rings is 2. The Bertz CT molecular complexity index is 1340. The lowest BCUT2D eigenvalue weighted by atomic mass is 10.1. The second-order valence-corrected chi connectivity index (χ2v) is 9.55. The molecule has 1 fully saturated rings. The summed E-state index contributed by atoms with van der Waals surface area (Å²) in [4.78, 5) is 52.1. The molecular formula is C30H32N4O4. The van der Waals surface area contributed by atoms with Crippen LogP contribution in [0.15, 0.2) is 66.7 Å². The van der Waals surface area contributed by atoms with Crippen LogP contribution in [-0.2, 0) is 9.53 Å². The molecule has 1 unspecified atom stereocenters.